The molecule has 8 nitrogen and oxygen atoms in total. The van der Waals surface area contributed by atoms with Crippen molar-refractivity contribution >= 4 is 29.6 Å². The van der Waals surface area contributed by atoms with Gasteiger partial charge in [-0.25, -0.2) is 23.5 Å². The van der Waals surface area contributed by atoms with Gasteiger partial charge in [-0.2, -0.15) is 13.2 Å². The predicted octanol–water partition coefficient (Wildman–Crippen LogP) is 8.11. The largest absolute Gasteiger partial charge is 0.469 e. The van der Waals surface area contributed by atoms with Gasteiger partial charge in [-0.15, -0.1) is 0 Å². The molecule has 14 heteroatoms. The normalized spacial score (nSPS) is 23.9. The molecule has 2 aliphatic heterocycles. The number of esters is 1. The number of methoxy groups -OCH3 is 1. The zero-order chi connectivity index (χ0) is 34.5. The van der Waals surface area contributed by atoms with Crippen LogP contribution in [0.3, 0.4) is 0 Å². The van der Waals surface area contributed by atoms with Crippen LogP contribution in [0.25, 0.3) is 11.1 Å². The number of alkyl halides is 5. The van der Waals surface area contributed by atoms with E-state index in [2.05, 4.69) is 9.97 Å². The van der Waals surface area contributed by atoms with Gasteiger partial charge in [-0.05, 0) is 80.8 Å². The molecule has 1 amide bonds. The zero-order valence-electron chi connectivity index (χ0n) is 26.5. The molecule has 3 aromatic rings. The van der Waals surface area contributed by atoms with E-state index >= 15 is 0 Å². The van der Waals surface area contributed by atoms with E-state index in [9.17, 15) is 31.5 Å². The van der Waals surface area contributed by atoms with Crippen LogP contribution in [0.4, 0.5) is 32.7 Å². The highest BCUT2D eigenvalue weighted by molar-refractivity contribution is 6.33. The van der Waals surface area contributed by atoms with Crippen LogP contribution in [-0.2, 0) is 27.0 Å². The molecule has 0 spiro atoms. The number of ether oxygens (including phenoxy) is 2. The first kappa shape index (κ1) is 33.9. The molecule has 2 aromatic carbocycles. The van der Waals surface area contributed by atoms with Crippen LogP contribution >= 0.6 is 11.6 Å². The van der Waals surface area contributed by atoms with Gasteiger partial charge in [0, 0.05) is 22.3 Å². The van der Waals surface area contributed by atoms with E-state index in [1.54, 1.807) is 19.1 Å². The highest BCUT2D eigenvalue weighted by Crippen LogP contribution is 2.42. The standard InChI is InChI=1S/C34H34ClF5N4O4/c1-18-10-23(12-24(11-18)34(38,39)40)29-19(2)44(32(46)48-29)15-28-26(14-41-31(42-28)43-16-33(36,37)17-43)25-13-22(8-9-27(25)35)20-4-6-21(7-5-20)30(45)47-3/h8-14,19-21,29H,4-7,15-17H2,1-3H3/t19-,20?,21?,29-/m0/s1. The Kier molecular flexibility index (Phi) is 9.03. The average molecular weight is 693 g/mol. The number of rotatable bonds is 7. The number of aryl methyl sites for hydroxylation is 1. The number of cyclic esters (lactones) is 1. The van der Waals surface area contributed by atoms with Crippen LogP contribution < -0.4 is 4.90 Å². The SMILES string of the molecule is COC(=O)C1CCC(c2ccc(Cl)c(-c3cnc(N4CC(F)(F)C4)nc3CN3C(=O)O[C@H](c4cc(C)cc(C(F)(F)F)c4)[C@@H]3C)c2)CC1. The minimum atomic E-state index is -4.58. The lowest BCUT2D eigenvalue weighted by Crippen LogP contribution is -2.57. The minimum Gasteiger partial charge on any atom is -0.469 e. The fraction of sp³-hybridized carbons (Fsp3) is 0.471. The van der Waals surface area contributed by atoms with Crippen LogP contribution in [0.2, 0.25) is 5.02 Å². The molecule has 3 heterocycles. The minimum absolute atomic E-state index is 0.0540. The summed E-state index contributed by atoms with van der Waals surface area (Å²) in [4.78, 5) is 37.0. The van der Waals surface area contributed by atoms with Gasteiger partial charge in [0.1, 0.15) is 6.10 Å². The molecule has 2 saturated heterocycles. The zero-order valence-corrected chi connectivity index (χ0v) is 27.2. The van der Waals surface area contributed by atoms with Crippen molar-refractivity contribution in [3.63, 3.8) is 0 Å². The quantitative estimate of drug-likeness (QED) is 0.183. The van der Waals surface area contributed by atoms with Crippen molar-refractivity contribution < 1.29 is 41.0 Å². The Morgan fingerprint density at radius 3 is 2.42 bits per heavy atom. The maximum absolute atomic E-state index is 13.8. The van der Waals surface area contributed by atoms with Gasteiger partial charge in [0.2, 0.25) is 5.95 Å². The van der Waals surface area contributed by atoms with E-state index in [0.29, 0.717) is 40.2 Å². The number of benzene rings is 2. The molecule has 6 rings (SSSR count). The molecule has 2 atom stereocenters. The Morgan fingerprint density at radius 1 is 1.06 bits per heavy atom. The first-order chi connectivity index (χ1) is 22.6. The van der Waals surface area contributed by atoms with Crippen LogP contribution in [0.5, 0.6) is 0 Å². The summed E-state index contributed by atoms with van der Waals surface area (Å²) in [7, 11) is 1.38. The Labute approximate surface area is 279 Å². The second-order valence-electron chi connectivity index (χ2n) is 12.9. The van der Waals surface area contributed by atoms with Gasteiger partial charge in [0.25, 0.3) is 5.92 Å². The second-order valence-corrected chi connectivity index (χ2v) is 13.3. The van der Waals surface area contributed by atoms with E-state index in [1.807, 2.05) is 12.1 Å². The molecule has 3 aliphatic rings. The predicted molar refractivity (Wildman–Crippen MR) is 167 cm³/mol. The molecule has 0 bridgehead atoms. The first-order valence-electron chi connectivity index (χ1n) is 15.7. The van der Waals surface area contributed by atoms with Crippen molar-refractivity contribution in [2.45, 2.75) is 76.2 Å². The highest BCUT2D eigenvalue weighted by Gasteiger charge is 2.46. The number of hydrogen-bond donors (Lipinski definition) is 0. The van der Waals surface area contributed by atoms with Crippen molar-refractivity contribution in [2.75, 3.05) is 25.1 Å². The van der Waals surface area contributed by atoms with Crippen LogP contribution in [0.1, 0.15) is 72.6 Å². The van der Waals surface area contributed by atoms with Crippen molar-refractivity contribution in [1.82, 2.24) is 14.9 Å². The van der Waals surface area contributed by atoms with Gasteiger partial charge in [-0.3, -0.25) is 9.69 Å². The number of amides is 1. The van der Waals surface area contributed by atoms with Gasteiger partial charge in [0.05, 0.1) is 50.0 Å². The molecule has 256 valence electrons. The first-order valence-corrected chi connectivity index (χ1v) is 16.0. The van der Waals surface area contributed by atoms with Crippen molar-refractivity contribution in [1.29, 1.82) is 0 Å². The lowest BCUT2D eigenvalue weighted by Gasteiger charge is -2.38. The van der Waals surface area contributed by atoms with E-state index in [1.165, 1.54) is 30.0 Å². The Bertz CT molecular complexity index is 1720. The third-order valence-electron chi connectivity index (χ3n) is 9.46. The van der Waals surface area contributed by atoms with Crippen LogP contribution in [-0.4, -0.2) is 59.1 Å². The Balaban J connectivity index is 1.32. The average Bonchev–Trinajstić information content (AvgIpc) is 3.31. The number of carbonyl (C=O) groups excluding carboxylic acids is 2. The summed E-state index contributed by atoms with van der Waals surface area (Å²) in [6, 6.07) is 8.46. The van der Waals surface area contributed by atoms with E-state index in [-0.39, 0.29) is 35.9 Å². The molecule has 1 aromatic heterocycles. The number of aromatic nitrogens is 2. The lowest BCUT2D eigenvalue weighted by atomic mass is 9.78. The number of hydrogen-bond acceptors (Lipinski definition) is 7. The summed E-state index contributed by atoms with van der Waals surface area (Å²) >= 11 is 6.72. The summed E-state index contributed by atoms with van der Waals surface area (Å²) in [6.45, 7) is 1.94. The monoisotopic (exact) mass is 692 g/mol. The molecule has 1 saturated carbocycles. The van der Waals surface area contributed by atoms with Gasteiger partial charge >= 0.3 is 18.2 Å². The molecular formula is C34H34ClF5N4O4. The van der Waals surface area contributed by atoms with E-state index in [4.69, 9.17) is 21.1 Å². The summed E-state index contributed by atoms with van der Waals surface area (Å²) < 4.78 is 78.8. The van der Waals surface area contributed by atoms with Crippen LogP contribution in [0.15, 0.2) is 42.6 Å². The smallest absolute Gasteiger partial charge is 0.416 e. The number of halogens is 6. The Hall–Kier alpha value is -4.00. The molecule has 0 N–H and O–H groups in total. The molecule has 1 aliphatic carbocycles. The Morgan fingerprint density at radius 2 is 1.77 bits per heavy atom. The molecular weight excluding hydrogens is 659 g/mol. The van der Waals surface area contributed by atoms with Crippen molar-refractivity contribution in [2.24, 2.45) is 5.92 Å². The maximum atomic E-state index is 13.8. The lowest BCUT2D eigenvalue weighted by molar-refractivity contribution is -0.146. The maximum Gasteiger partial charge on any atom is 0.416 e. The van der Waals surface area contributed by atoms with Crippen molar-refractivity contribution in [3.8, 4) is 11.1 Å². The summed E-state index contributed by atoms with van der Waals surface area (Å²) in [5.41, 5.74) is 2.07. The summed E-state index contributed by atoms with van der Waals surface area (Å²) in [6.07, 6.45) is -1.95. The number of carbonyl (C=O) groups is 2. The van der Waals surface area contributed by atoms with Gasteiger partial charge in [-0.1, -0.05) is 29.3 Å². The highest BCUT2D eigenvalue weighted by atomic mass is 35.5. The summed E-state index contributed by atoms with van der Waals surface area (Å²) in [5, 5.41) is 0.379. The third-order valence-corrected chi connectivity index (χ3v) is 9.79. The molecule has 0 unspecified atom stereocenters. The fourth-order valence-corrected chi connectivity index (χ4v) is 7.07. The van der Waals surface area contributed by atoms with Crippen LogP contribution in [0, 0.1) is 12.8 Å². The number of anilines is 1. The van der Waals surface area contributed by atoms with Gasteiger partial charge < -0.3 is 14.4 Å². The van der Waals surface area contributed by atoms with Crippen molar-refractivity contribution in [3.05, 3.63) is 75.6 Å². The number of nitrogens with zero attached hydrogens (tertiary/aromatic N) is 4. The molecule has 0 radical (unpaired) electrons. The third kappa shape index (κ3) is 6.79. The van der Waals surface area contributed by atoms with E-state index in [0.717, 1.165) is 30.5 Å². The molecule has 48 heavy (non-hydrogen) atoms. The second kappa shape index (κ2) is 12.8. The topological polar surface area (TPSA) is 84.9 Å². The van der Waals surface area contributed by atoms with E-state index < -0.39 is 49.0 Å². The molecule has 3 fully saturated rings. The summed E-state index contributed by atoms with van der Waals surface area (Å²) in [5.74, 6) is -3.04. The van der Waals surface area contributed by atoms with Gasteiger partial charge in [0.15, 0.2) is 0 Å². The fourth-order valence-electron chi connectivity index (χ4n) is 6.85.